The van der Waals surface area contributed by atoms with Crippen molar-refractivity contribution in [3.63, 3.8) is 0 Å². The Hall–Kier alpha value is -4.09. The molecule has 0 N–H and O–H groups in total. The highest BCUT2D eigenvalue weighted by atomic mass is 27.0. The summed E-state index contributed by atoms with van der Waals surface area (Å²) >= 11 is 0. The van der Waals surface area contributed by atoms with E-state index in [9.17, 15) is 9.59 Å². The quantitative estimate of drug-likeness (QED) is 0.0465. The van der Waals surface area contributed by atoms with Gasteiger partial charge in [0.05, 0.1) is 11.8 Å². The fourth-order valence-electron chi connectivity index (χ4n) is 5.08. The van der Waals surface area contributed by atoms with E-state index in [0.717, 1.165) is 49.7 Å². The average molecular weight is 638 g/mol. The van der Waals surface area contributed by atoms with Gasteiger partial charge in [-0.2, -0.15) is 0 Å². The van der Waals surface area contributed by atoms with Gasteiger partial charge in [0.25, 0.3) is 0 Å². The predicted octanol–water partition coefficient (Wildman–Crippen LogP) is 9.85. The van der Waals surface area contributed by atoms with Crippen LogP contribution >= 0.6 is 0 Å². The van der Waals surface area contributed by atoms with Crippen LogP contribution in [0.4, 0.5) is 0 Å². The Morgan fingerprint density at radius 1 is 0.522 bits per heavy atom. The van der Waals surface area contributed by atoms with Crippen molar-refractivity contribution in [1.82, 2.24) is 0 Å². The molecule has 4 aromatic carbocycles. The maximum absolute atomic E-state index is 13.3. The molecule has 7 nitrogen and oxygen atoms in total. The molecular formula is C38H42AlO7. The van der Waals surface area contributed by atoms with Gasteiger partial charge in [0, 0.05) is 22.4 Å². The summed E-state index contributed by atoms with van der Waals surface area (Å²) in [5, 5.41) is 4.86. The molecule has 0 saturated carbocycles. The summed E-state index contributed by atoms with van der Waals surface area (Å²) in [7, 11) is 0. The minimum atomic E-state index is -0.642. The van der Waals surface area contributed by atoms with E-state index in [-0.39, 0.29) is 17.4 Å². The first-order valence-electron chi connectivity index (χ1n) is 15.8. The van der Waals surface area contributed by atoms with Crippen molar-refractivity contribution in [1.29, 1.82) is 0 Å². The SMILES string of the molecule is CCCCCC(C(=O)OOOC(=O)C(CCCCC)c1cccc(Oc2ccccc2)c1)c1cccc(Oc2ccccc2)c1.[Al]. The molecule has 0 heterocycles. The minimum Gasteiger partial charge on any atom is -0.457 e. The Labute approximate surface area is 282 Å². The van der Waals surface area contributed by atoms with E-state index in [1.165, 1.54) is 0 Å². The van der Waals surface area contributed by atoms with Crippen LogP contribution in [0.2, 0.25) is 0 Å². The van der Waals surface area contributed by atoms with Crippen molar-refractivity contribution >= 4 is 29.3 Å². The van der Waals surface area contributed by atoms with Gasteiger partial charge in [-0.05, 0) is 72.5 Å². The molecule has 8 heteroatoms. The van der Waals surface area contributed by atoms with Crippen molar-refractivity contribution < 1.29 is 33.9 Å². The van der Waals surface area contributed by atoms with Gasteiger partial charge in [0.1, 0.15) is 23.0 Å². The summed E-state index contributed by atoms with van der Waals surface area (Å²) in [6.45, 7) is 4.20. The lowest BCUT2D eigenvalue weighted by Crippen LogP contribution is -2.21. The number of ether oxygens (including phenoxy) is 2. The number of hydrogen-bond acceptors (Lipinski definition) is 7. The lowest BCUT2D eigenvalue weighted by atomic mass is 9.93. The molecule has 0 aliphatic heterocycles. The number of unbranched alkanes of at least 4 members (excludes halogenated alkanes) is 4. The molecule has 0 spiro atoms. The number of para-hydroxylation sites is 2. The third-order valence-corrected chi connectivity index (χ3v) is 7.47. The van der Waals surface area contributed by atoms with Crippen LogP contribution in [0.1, 0.15) is 88.2 Å². The summed E-state index contributed by atoms with van der Waals surface area (Å²) in [5.74, 6) is 0.0680. The Morgan fingerprint density at radius 3 is 1.30 bits per heavy atom. The lowest BCUT2D eigenvalue weighted by molar-refractivity contribution is -0.460. The van der Waals surface area contributed by atoms with Crippen LogP contribution in [0.15, 0.2) is 109 Å². The zero-order chi connectivity index (χ0) is 31.7. The van der Waals surface area contributed by atoms with E-state index in [4.69, 9.17) is 24.3 Å². The van der Waals surface area contributed by atoms with Gasteiger partial charge in [-0.1, -0.05) is 113 Å². The highest BCUT2D eigenvalue weighted by Gasteiger charge is 2.27. The summed E-state index contributed by atoms with van der Waals surface area (Å²) in [6, 6.07) is 33.6. The van der Waals surface area contributed by atoms with E-state index in [2.05, 4.69) is 13.8 Å². The van der Waals surface area contributed by atoms with Gasteiger partial charge < -0.3 is 9.47 Å². The Bertz CT molecular complexity index is 1350. The van der Waals surface area contributed by atoms with Crippen LogP contribution in [-0.2, 0) is 24.4 Å². The van der Waals surface area contributed by atoms with Crippen molar-refractivity contribution in [2.45, 2.75) is 77.0 Å². The third kappa shape index (κ3) is 11.7. The first kappa shape index (κ1) is 36.4. The van der Waals surface area contributed by atoms with Gasteiger partial charge in [-0.15, -0.1) is 0 Å². The molecule has 0 fully saturated rings. The van der Waals surface area contributed by atoms with E-state index in [1.54, 1.807) is 0 Å². The van der Waals surface area contributed by atoms with Gasteiger partial charge >= 0.3 is 11.9 Å². The second-order valence-electron chi connectivity index (χ2n) is 10.9. The topological polar surface area (TPSA) is 80.3 Å². The monoisotopic (exact) mass is 637 g/mol. The highest BCUT2D eigenvalue weighted by Crippen LogP contribution is 2.31. The molecule has 3 radical (unpaired) electrons. The van der Waals surface area contributed by atoms with Crippen molar-refractivity contribution in [2.24, 2.45) is 0 Å². The van der Waals surface area contributed by atoms with Crippen LogP contribution in [0.25, 0.3) is 0 Å². The molecule has 0 aliphatic rings. The minimum absolute atomic E-state index is 0. The first-order chi connectivity index (χ1) is 22.1. The maximum Gasteiger partial charge on any atom is 0.354 e. The van der Waals surface area contributed by atoms with E-state index >= 15 is 0 Å². The number of carbonyl (C=O) groups is 2. The second kappa shape index (κ2) is 20.1. The Balaban J connectivity index is 0.00000576. The third-order valence-electron chi connectivity index (χ3n) is 7.47. The maximum atomic E-state index is 13.3. The number of benzene rings is 4. The molecule has 0 aromatic heterocycles. The van der Waals surface area contributed by atoms with Crippen LogP contribution in [0, 0.1) is 0 Å². The fraction of sp³-hybridized carbons (Fsp3) is 0.316. The van der Waals surface area contributed by atoms with Gasteiger partial charge in [-0.25, -0.2) is 9.59 Å². The zero-order valence-corrected chi connectivity index (χ0v) is 27.8. The van der Waals surface area contributed by atoms with Crippen LogP contribution < -0.4 is 9.47 Å². The second-order valence-corrected chi connectivity index (χ2v) is 10.9. The molecular weight excluding hydrogens is 595 g/mol. The fourth-order valence-corrected chi connectivity index (χ4v) is 5.08. The largest absolute Gasteiger partial charge is 0.457 e. The molecule has 0 bridgehead atoms. The van der Waals surface area contributed by atoms with Crippen LogP contribution in [-0.4, -0.2) is 29.3 Å². The van der Waals surface area contributed by atoms with Gasteiger partial charge in [-0.3, -0.25) is 9.78 Å². The molecule has 239 valence electrons. The standard InChI is InChI=1S/C38H42O7.Al/c1-3-5-9-25-35(29-17-15-23-33(27-29)41-31-19-11-7-12-20-31)37(39)43-45-44-38(40)36(26-10-6-4-2)30-18-16-24-34(28-30)42-32-21-13-8-14-22-32;/h7-8,11-24,27-28,35-36H,3-6,9-10,25-26H2,1-2H3;. The molecule has 46 heavy (non-hydrogen) atoms. The number of rotatable bonds is 18. The lowest BCUT2D eigenvalue weighted by Gasteiger charge is -2.17. The van der Waals surface area contributed by atoms with E-state index in [1.807, 2.05) is 109 Å². The van der Waals surface area contributed by atoms with E-state index < -0.39 is 23.8 Å². The van der Waals surface area contributed by atoms with Crippen LogP contribution in [0.3, 0.4) is 0 Å². The van der Waals surface area contributed by atoms with Gasteiger partial charge in [0.15, 0.2) is 0 Å². The van der Waals surface area contributed by atoms with Crippen molar-refractivity contribution in [3.05, 3.63) is 120 Å². The normalized spacial score (nSPS) is 11.9. The molecule has 4 rings (SSSR count). The summed E-state index contributed by atoms with van der Waals surface area (Å²) in [4.78, 5) is 36.7. The summed E-state index contributed by atoms with van der Waals surface area (Å²) in [5.41, 5.74) is 1.46. The smallest absolute Gasteiger partial charge is 0.354 e. The Morgan fingerprint density at radius 2 is 0.913 bits per heavy atom. The van der Waals surface area contributed by atoms with Crippen LogP contribution in [0.5, 0.6) is 23.0 Å². The molecule has 0 amide bonds. The molecule has 2 atom stereocenters. The van der Waals surface area contributed by atoms with Crippen molar-refractivity contribution in [3.8, 4) is 23.0 Å². The van der Waals surface area contributed by atoms with E-state index in [0.29, 0.717) is 35.8 Å². The van der Waals surface area contributed by atoms with Crippen molar-refractivity contribution in [2.75, 3.05) is 0 Å². The summed E-state index contributed by atoms with van der Waals surface area (Å²) in [6.07, 6.45) is 6.67. The molecule has 4 aromatic rings. The number of carbonyl (C=O) groups excluding carboxylic acids is 2. The summed E-state index contributed by atoms with van der Waals surface area (Å²) < 4.78 is 12.0. The highest BCUT2D eigenvalue weighted by molar-refractivity contribution is 5.79. The van der Waals surface area contributed by atoms with Gasteiger partial charge in [0.2, 0.25) is 0 Å². The Kier molecular flexibility index (Phi) is 15.9. The molecule has 2 unspecified atom stereocenters. The average Bonchev–Trinajstić information content (AvgIpc) is 3.06. The zero-order valence-electron chi connectivity index (χ0n) is 26.6. The predicted molar refractivity (Wildman–Crippen MR) is 179 cm³/mol. The number of hydrogen-bond donors (Lipinski definition) is 0. The first-order valence-corrected chi connectivity index (χ1v) is 15.8. The molecule has 0 saturated heterocycles. The molecule has 0 aliphatic carbocycles.